The predicted molar refractivity (Wildman–Crippen MR) is 133 cm³/mol. The molecule has 0 aromatic heterocycles. The maximum atomic E-state index is 6.83. The van der Waals surface area contributed by atoms with E-state index in [0.29, 0.717) is 5.92 Å². The third-order valence-corrected chi connectivity index (χ3v) is 8.20. The van der Waals surface area contributed by atoms with Crippen molar-refractivity contribution in [1.29, 1.82) is 0 Å². The highest BCUT2D eigenvalue weighted by Gasteiger charge is 2.52. The van der Waals surface area contributed by atoms with E-state index in [9.17, 15) is 0 Å². The normalized spacial score (nSPS) is 26.6. The first-order valence-electron chi connectivity index (χ1n) is 12.0. The Balaban J connectivity index is 1.25. The van der Waals surface area contributed by atoms with Crippen LogP contribution in [0.2, 0.25) is 0 Å². The lowest BCUT2D eigenvalue weighted by atomic mass is 9.78. The number of hydrazone groups is 1. The van der Waals surface area contributed by atoms with E-state index in [1.54, 1.807) is 0 Å². The van der Waals surface area contributed by atoms with Crippen LogP contribution in [-0.2, 0) is 0 Å². The molecule has 3 aliphatic heterocycles. The number of hydrogen-bond acceptors (Lipinski definition) is 5. The molecule has 1 spiro atoms. The highest BCUT2D eigenvalue weighted by Crippen LogP contribution is 2.53. The fourth-order valence-corrected chi connectivity index (χ4v) is 6.34. The van der Waals surface area contributed by atoms with Gasteiger partial charge in [-0.3, -0.25) is 0 Å². The smallest absolute Gasteiger partial charge is 0.231 e. The van der Waals surface area contributed by atoms with Gasteiger partial charge in [-0.05, 0) is 60.7 Å². The van der Waals surface area contributed by atoms with E-state index in [0.717, 1.165) is 65.1 Å². The molecule has 0 bridgehead atoms. The van der Waals surface area contributed by atoms with Crippen LogP contribution in [0.3, 0.4) is 0 Å². The molecule has 1 fully saturated rings. The van der Waals surface area contributed by atoms with Gasteiger partial charge in [0, 0.05) is 34.9 Å². The van der Waals surface area contributed by atoms with Gasteiger partial charge in [-0.2, -0.15) is 5.10 Å². The molecule has 5 nitrogen and oxygen atoms in total. The van der Waals surface area contributed by atoms with Crippen LogP contribution in [0.5, 0.6) is 17.2 Å². The minimum absolute atomic E-state index is 0.162. The summed E-state index contributed by atoms with van der Waals surface area (Å²) in [7, 11) is 0. The summed E-state index contributed by atoms with van der Waals surface area (Å²) in [5.74, 6) is 3.15. The van der Waals surface area contributed by atoms with Crippen molar-refractivity contribution >= 4 is 21.6 Å². The van der Waals surface area contributed by atoms with E-state index in [-0.39, 0.29) is 12.8 Å². The van der Waals surface area contributed by atoms with E-state index in [1.165, 1.54) is 11.1 Å². The molecule has 6 heteroatoms. The highest BCUT2D eigenvalue weighted by molar-refractivity contribution is 9.10. The molecule has 34 heavy (non-hydrogen) atoms. The molecule has 7 rings (SSSR count). The minimum Gasteiger partial charge on any atom is -0.466 e. The topological polar surface area (TPSA) is 43.3 Å². The van der Waals surface area contributed by atoms with Gasteiger partial charge in [0.15, 0.2) is 17.2 Å². The second-order valence-corrected chi connectivity index (χ2v) is 10.5. The largest absolute Gasteiger partial charge is 0.466 e. The summed E-state index contributed by atoms with van der Waals surface area (Å²) in [6, 6.07) is 23.6. The molecule has 0 amide bonds. The van der Waals surface area contributed by atoms with E-state index in [2.05, 4.69) is 81.6 Å². The third kappa shape index (κ3) is 3.22. The van der Waals surface area contributed by atoms with Crippen LogP contribution >= 0.6 is 15.9 Å². The molecule has 1 unspecified atom stereocenters. The van der Waals surface area contributed by atoms with Crippen LogP contribution in [0.15, 0.2) is 76.3 Å². The lowest BCUT2D eigenvalue weighted by molar-refractivity contribution is -0.142. The molecule has 0 radical (unpaired) electrons. The van der Waals surface area contributed by atoms with Crippen molar-refractivity contribution in [3.8, 4) is 17.2 Å². The molecule has 1 aliphatic carbocycles. The van der Waals surface area contributed by atoms with Crippen LogP contribution in [0.4, 0.5) is 0 Å². The molecule has 172 valence electrons. The Kier molecular flexibility index (Phi) is 4.66. The van der Waals surface area contributed by atoms with Crippen LogP contribution < -0.4 is 14.2 Å². The van der Waals surface area contributed by atoms with Gasteiger partial charge < -0.3 is 14.2 Å². The van der Waals surface area contributed by atoms with Gasteiger partial charge in [0.1, 0.15) is 5.75 Å². The van der Waals surface area contributed by atoms with Crippen molar-refractivity contribution in [3.63, 3.8) is 0 Å². The monoisotopic (exact) mass is 516 g/mol. The first kappa shape index (κ1) is 20.4. The maximum absolute atomic E-state index is 6.83. The zero-order valence-corrected chi connectivity index (χ0v) is 20.3. The minimum atomic E-state index is -0.408. The van der Waals surface area contributed by atoms with E-state index in [1.807, 2.05) is 6.07 Å². The van der Waals surface area contributed by atoms with Crippen molar-refractivity contribution in [3.05, 3.63) is 87.9 Å². The Labute approximate surface area is 207 Å². The standard InChI is InChI=1S/C28H25BrN2O3/c29-21-7-9-25-22(15-21)24-16-23(20-6-8-26-27(14-20)33-17-32-26)30-31(24)28(34-25)12-10-19(11-13-28)18-4-2-1-3-5-18/h1-9,14-15,19,24H,10-13,16-17H2. The van der Waals surface area contributed by atoms with Crippen molar-refractivity contribution < 1.29 is 14.2 Å². The predicted octanol–water partition coefficient (Wildman–Crippen LogP) is 6.78. The summed E-state index contributed by atoms with van der Waals surface area (Å²) < 4.78 is 19.0. The Morgan fingerprint density at radius 3 is 2.53 bits per heavy atom. The average Bonchev–Trinajstić information content (AvgIpc) is 3.53. The van der Waals surface area contributed by atoms with Crippen LogP contribution in [0.25, 0.3) is 0 Å². The van der Waals surface area contributed by atoms with Crippen LogP contribution in [0.1, 0.15) is 60.8 Å². The molecule has 0 N–H and O–H groups in total. The number of hydrogen-bond donors (Lipinski definition) is 0. The van der Waals surface area contributed by atoms with Gasteiger partial charge in [-0.1, -0.05) is 46.3 Å². The van der Waals surface area contributed by atoms with Gasteiger partial charge >= 0.3 is 0 Å². The molecule has 1 saturated carbocycles. The molecule has 3 aromatic carbocycles. The van der Waals surface area contributed by atoms with Gasteiger partial charge in [-0.25, -0.2) is 5.01 Å². The number of benzene rings is 3. The van der Waals surface area contributed by atoms with Crippen molar-refractivity contribution in [1.82, 2.24) is 5.01 Å². The zero-order chi connectivity index (χ0) is 22.7. The summed E-state index contributed by atoms with van der Waals surface area (Å²) in [5, 5.41) is 7.50. The molecule has 0 saturated heterocycles. The van der Waals surface area contributed by atoms with Crippen LogP contribution in [0, 0.1) is 0 Å². The van der Waals surface area contributed by atoms with Crippen molar-refractivity contribution in [2.75, 3.05) is 6.79 Å². The lowest BCUT2D eigenvalue weighted by Gasteiger charge is -2.50. The second kappa shape index (κ2) is 7.77. The second-order valence-electron chi connectivity index (χ2n) is 9.59. The van der Waals surface area contributed by atoms with Gasteiger partial charge in [-0.15, -0.1) is 0 Å². The number of nitrogens with zero attached hydrogens (tertiary/aromatic N) is 2. The summed E-state index contributed by atoms with van der Waals surface area (Å²) >= 11 is 3.66. The van der Waals surface area contributed by atoms with Crippen molar-refractivity contribution in [2.24, 2.45) is 5.10 Å². The zero-order valence-electron chi connectivity index (χ0n) is 18.7. The quantitative estimate of drug-likeness (QED) is 0.376. The lowest BCUT2D eigenvalue weighted by Crippen LogP contribution is -2.55. The Morgan fingerprint density at radius 2 is 1.68 bits per heavy atom. The molecule has 3 aromatic rings. The van der Waals surface area contributed by atoms with E-state index < -0.39 is 5.72 Å². The molecular formula is C28H25BrN2O3. The fourth-order valence-electron chi connectivity index (χ4n) is 5.96. The maximum Gasteiger partial charge on any atom is 0.231 e. The molecule has 3 heterocycles. The summed E-state index contributed by atoms with van der Waals surface area (Å²) in [5.41, 5.74) is 4.38. The fraction of sp³-hybridized carbons (Fsp3) is 0.321. The number of halogens is 1. The third-order valence-electron chi connectivity index (χ3n) is 7.70. The van der Waals surface area contributed by atoms with Crippen LogP contribution in [-0.4, -0.2) is 23.2 Å². The Morgan fingerprint density at radius 1 is 0.882 bits per heavy atom. The first-order chi connectivity index (χ1) is 16.7. The summed E-state index contributed by atoms with van der Waals surface area (Å²) in [6.07, 6.45) is 4.94. The first-order valence-corrected chi connectivity index (χ1v) is 12.8. The molecule has 4 aliphatic rings. The summed E-state index contributed by atoms with van der Waals surface area (Å²) in [4.78, 5) is 0. The van der Waals surface area contributed by atoms with E-state index in [4.69, 9.17) is 19.3 Å². The number of ether oxygens (including phenoxy) is 3. The van der Waals surface area contributed by atoms with Crippen molar-refractivity contribution in [2.45, 2.75) is 49.8 Å². The Hall–Kier alpha value is -2.99. The van der Waals surface area contributed by atoms with E-state index >= 15 is 0 Å². The highest BCUT2D eigenvalue weighted by atomic mass is 79.9. The Bertz CT molecular complexity index is 1280. The van der Waals surface area contributed by atoms with Gasteiger partial charge in [0.25, 0.3) is 0 Å². The molecule has 1 atom stereocenters. The van der Waals surface area contributed by atoms with Gasteiger partial charge in [0.2, 0.25) is 6.79 Å². The van der Waals surface area contributed by atoms with Gasteiger partial charge in [0.05, 0.1) is 11.8 Å². The molecular weight excluding hydrogens is 492 g/mol. The number of rotatable bonds is 2. The SMILES string of the molecule is Brc1ccc2c(c1)C1CC(c3ccc4c(c3)OCO4)=NN1C1(CCC(c3ccccc3)CC1)O2. The average molecular weight is 517 g/mol. The summed E-state index contributed by atoms with van der Waals surface area (Å²) in [6.45, 7) is 0.279. The number of fused-ring (bicyclic) bond motifs is 5.